The minimum absolute atomic E-state index is 0.189. The largest absolute Gasteiger partial charge is 0.395 e. The molecule has 0 bridgehead atoms. The average Bonchev–Trinajstić information content (AvgIpc) is 2.74. The van der Waals surface area contributed by atoms with Gasteiger partial charge in [-0.25, -0.2) is 0 Å². The van der Waals surface area contributed by atoms with Crippen molar-refractivity contribution in [3.8, 4) is 0 Å². The van der Waals surface area contributed by atoms with Crippen LogP contribution in [0.3, 0.4) is 0 Å². The second-order valence-corrected chi connectivity index (χ2v) is 4.03. The van der Waals surface area contributed by atoms with Crippen LogP contribution in [0.2, 0.25) is 0 Å². The highest BCUT2D eigenvalue weighted by atomic mass is 16.3. The van der Waals surface area contributed by atoms with Gasteiger partial charge in [-0.15, -0.1) is 0 Å². The third-order valence-electron chi connectivity index (χ3n) is 2.97. The predicted octanol–water partition coefficient (Wildman–Crippen LogP) is 2.03. The first kappa shape index (κ1) is 11.2. The van der Waals surface area contributed by atoms with E-state index in [-0.39, 0.29) is 12.6 Å². The normalized spacial score (nSPS) is 13.1. The van der Waals surface area contributed by atoms with Crippen LogP contribution >= 0.6 is 0 Å². The lowest BCUT2D eigenvalue weighted by atomic mass is 10.1. The number of hydrogen-bond acceptors (Lipinski definition) is 2. The smallest absolute Gasteiger partial charge is 0.0584 e. The lowest BCUT2D eigenvalue weighted by Crippen LogP contribution is -2.31. The van der Waals surface area contributed by atoms with Crippen molar-refractivity contribution >= 4 is 10.9 Å². The van der Waals surface area contributed by atoms with Gasteiger partial charge in [-0.1, -0.05) is 25.1 Å². The fourth-order valence-electron chi connectivity index (χ4n) is 1.87. The Morgan fingerprint density at radius 3 is 2.94 bits per heavy atom. The van der Waals surface area contributed by atoms with Crippen molar-refractivity contribution < 1.29 is 5.11 Å². The molecule has 0 unspecified atom stereocenters. The molecule has 0 spiro atoms. The number of aliphatic hydroxyl groups excluding tert-OH is 1. The summed E-state index contributed by atoms with van der Waals surface area (Å²) in [4.78, 5) is 3.25. The third kappa shape index (κ3) is 2.26. The molecule has 0 saturated heterocycles. The molecule has 2 aromatic rings. The average molecular weight is 218 g/mol. The van der Waals surface area contributed by atoms with E-state index < -0.39 is 0 Å². The van der Waals surface area contributed by atoms with E-state index in [1.54, 1.807) is 0 Å². The highest BCUT2D eigenvalue weighted by Crippen LogP contribution is 2.17. The van der Waals surface area contributed by atoms with Crippen LogP contribution in [0.4, 0.5) is 0 Å². The molecule has 1 atom stereocenters. The van der Waals surface area contributed by atoms with Gasteiger partial charge in [0, 0.05) is 29.7 Å². The SMILES string of the molecule is CC[C@H](CO)NCc1c[nH]c2ccccc12. The molecule has 0 aliphatic carbocycles. The van der Waals surface area contributed by atoms with Gasteiger partial charge in [0.15, 0.2) is 0 Å². The minimum Gasteiger partial charge on any atom is -0.395 e. The Morgan fingerprint density at radius 2 is 2.19 bits per heavy atom. The van der Waals surface area contributed by atoms with Gasteiger partial charge in [-0.05, 0) is 18.1 Å². The molecule has 2 rings (SSSR count). The van der Waals surface area contributed by atoms with Crippen LogP contribution in [0.25, 0.3) is 10.9 Å². The first-order valence-corrected chi connectivity index (χ1v) is 5.74. The molecular weight excluding hydrogens is 200 g/mol. The van der Waals surface area contributed by atoms with Crippen molar-refractivity contribution in [2.45, 2.75) is 25.9 Å². The number of rotatable bonds is 5. The zero-order valence-corrected chi connectivity index (χ0v) is 9.53. The van der Waals surface area contributed by atoms with Crippen LogP contribution < -0.4 is 5.32 Å². The summed E-state index contributed by atoms with van der Waals surface area (Å²) in [5.41, 5.74) is 2.42. The predicted molar refractivity (Wildman–Crippen MR) is 66.3 cm³/mol. The lowest BCUT2D eigenvalue weighted by molar-refractivity contribution is 0.238. The van der Waals surface area contributed by atoms with E-state index in [4.69, 9.17) is 5.11 Å². The number of fused-ring (bicyclic) bond motifs is 1. The van der Waals surface area contributed by atoms with E-state index in [2.05, 4.69) is 29.4 Å². The van der Waals surface area contributed by atoms with E-state index in [1.165, 1.54) is 10.9 Å². The van der Waals surface area contributed by atoms with Gasteiger partial charge >= 0.3 is 0 Å². The van der Waals surface area contributed by atoms with Crippen molar-refractivity contribution in [3.63, 3.8) is 0 Å². The van der Waals surface area contributed by atoms with Gasteiger partial charge in [0.1, 0.15) is 0 Å². The molecule has 1 aromatic heterocycles. The number of hydrogen-bond donors (Lipinski definition) is 3. The summed E-state index contributed by atoms with van der Waals surface area (Å²) in [6, 6.07) is 8.45. The summed E-state index contributed by atoms with van der Waals surface area (Å²) in [6.07, 6.45) is 2.97. The number of para-hydroxylation sites is 1. The lowest BCUT2D eigenvalue weighted by Gasteiger charge is -2.13. The van der Waals surface area contributed by atoms with Crippen LogP contribution in [-0.4, -0.2) is 22.7 Å². The summed E-state index contributed by atoms with van der Waals surface area (Å²) in [6.45, 7) is 3.06. The molecular formula is C13H18N2O. The first-order valence-electron chi connectivity index (χ1n) is 5.74. The maximum absolute atomic E-state index is 9.10. The maximum atomic E-state index is 9.10. The second-order valence-electron chi connectivity index (χ2n) is 4.03. The second kappa shape index (κ2) is 5.14. The molecule has 0 radical (unpaired) electrons. The molecule has 0 amide bonds. The van der Waals surface area contributed by atoms with E-state index in [9.17, 15) is 0 Å². The topological polar surface area (TPSA) is 48.0 Å². The summed E-state index contributed by atoms with van der Waals surface area (Å²) >= 11 is 0. The molecule has 3 N–H and O–H groups in total. The standard InChI is InChI=1S/C13H18N2O/c1-2-11(9-16)14-7-10-8-15-13-6-4-3-5-12(10)13/h3-6,8,11,14-16H,2,7,9H2,1H3/t11-/m1/s1. The Morgan fingerprint density at radius 1 is 1.38 bits per heavy atom. The molecule has 1 aromatic carbocycles. The highest BCUT2D eigenvalue weighted by Gasteiger charge is 2.06. The molecule has 0 aliphatic heterocycles. The van der Waals surface area contributed by atoms with Crippen molar-refractivity contribution in [1.29, 1.82) is 0 Å². The molecule has 86 valence electrons. The van der Waals surface area contributed by atoms with Gasteiger partial charge in [-0.3, -0.25) is 0 Å². The Bertz CT molecular complexity index is 446. The van der Waals surface area contributed by atoms with Crippen LogP contribution in [0, 0.1) is 0 Å². The molecule has 3 heteroatoms. The number of H-pyrrole nitrogens is 1. The monoisotopic (exact) mass is 218 g/mol. The molecule has 16 heavy (non-hydrogen) atoms. The zero-order valence-electron chi connectivity index (χ0n) is 9.53. The van der Waals surface area contributed by atoms with Crippen molar-refractivity contribution in [3.05, 3.63) is 36.0 Å². The Balaban J connectivity index is 2.09. The maximum Gasteiger partial charge on any atom is 0.0584 e. The Labute approximate surface area is 95.5 Å². The van der Waals surface area contributed by atoms with Crippen LogP contribution in [0.15, 0.2) is 30.5 Å². The van der Waals surface area contributed by atoms with E-state index in [0.717, 1.165) is 18.5 Å². The minimum atomic E-state index is 0.189. The van der Waals surface area contributed by atoms with E-state index >= 15 is 0 Å². The van der Waals surface area contributed by atoms with Crippen LogP contribution in [-0.2, 0) is 6.54 Å². The van der Waals surface area contributed by atoms with Crippen LogP contribution in [0.1, 0.15) is 18.9 Å². The Kier molecular flexibility index (Phi) is 3.59. The summed E-state index contributed by atoms with van der Waals surface area (Å²) in [5, 5.41) is 13.7. The fourth-order valence-corrected chi connectivity index (χ4v) is 1.87. The molecule has 0 aliphatic rings. The number of aromatic nitrogens is 1. The third-order valence-corrected chi connectivity index (χ3v) is 2.97. The van der Waals surface area contributed by atoms with Gasteiger partial charge in [0.05, 0.1) is 6.61 Å². The molecule has 0 saturated carbocycles. The molecule has 0 fully saturated rings. The van der Waals surface area contributed by atoms with E-state index in [1.807, 2.05) is 18.3 Å². The van der Waals surface area contributed by atoms with Gasteiger partial charge in [0.2, 0.25) is 0 Å². The molecule has 3 nitrogen and oxygen atoms in total. The Hall–Kier alpha value is -1.32. The van der Waals surface area contributed by atoms with Crippen molar-refractivity contribution in [1.82, 2.24) is 10.3 Å². The highest BCUT2D eigenvalue weighted by molar-refractivity contribution is 5.82. The van der Waals surface area contributed by atoms with Crippen molar-refractivity contribution in [2.75, 3.05) is 6.61 Å². The summed E-state index contributed by atoms with van der Waals surface area (Å²) in [5.74, 6) is 0. The van der Waals surface area contributed by atoms with Gasteiger partial charge in [-0.2, -0.15) is 0 Å². The molecule has 1 heterocycles. The quantitative estimate of drug-likeness (QED) is 0.719. The number of benzene rings is 1. The van der Waals surface area contributed by atoms with Gasteiger partial charge < -0.3 is 15.4 Å². The van der Waals surface area contributed by atoms with Gasteiger partial charge in [0.25, 0.3) is 0 Å². The summed E-state index contributed by atoms with van der Waals surface area (Å²) < 4.78 is 0. The van der Waals surface area contributed by atoms with Crippen LogP contribution in [0.5, 0.6) is 0 Å². The van der Waals surface area contributed by atoms with Crippen molar-refractivity contribution in [2.24, 2.45) is 0 Å². The number of aromatic amines is 1. The first-order chi connectivity index (χ1) is 7.85. The van der Waals surface area contributed by atoms with E-state index in [0.29, 0.717) is 0 Å². The number of nitrogens with one attached hydrogen (secondary N) is 2. The fraction of sp³-hybridized carbons (Fsp3) is 0.385. The number of aliphatic hydroxyl groups is 1. The zero-order chi connectivity index (χ0) is 11.4. The summed E-state index contributed by atoms with van der Waals surface area (Å²) in [7, 11) is 0.